The summed E-state index contributed by atoms with van der Waals surface area (Å²) in [5.74, 6) is -1.51. The number of likely N-dealkylation sites (N-methyl/N-ethyl adjacent to an activating group) is 1. The molecule has 9 nitrogen and oxygen atoms in total. The topological polar surface area (TPSA) is 122 Å². The molecule has 0 spiro atoms. The van der Waals surface area contributed by atoms with Crippen molar-refractivity contribution in [2.45, 2.75) is 4.90 Å². The number of amides is 1. The fourth-order valence-electron chi connectivity index (χ4n) is 1.89. The summed E-state index contributed by atoms with van der Waals surface area (Å²) >= 11 is 0. The molecule has 2 rings (SSSR count). The van der Waals surface area contributed by atoms with Gasteiger partial charge in [-0.25, -0.2) is 8.42 Å². The number of methoxy groups -OCH3 is 1. The maximum Gasteiger partial charge on any atom is 0.318 e. The zero-order chi connectivity index (χ0) is 16.5. The number of hydrogen-bond donors (Lipinski definition) is 2. The van der Waals surface area contributed by atoms with E-state index in [4.69, 9.17) is 14.6 Å². The number of anilines is 1. The molecule has 0 aromatic heterocycles. The Morgan fingerprint density at radius 3 is 2.77 bits per heavy atom. The van der Waals surface area contributed by atoms with E-state index < -0.39 is 22.5 Å². The lowest BCUT2D eigenvalue weighted by atomic mass is 10.2. The second-order valence-corrected chi connectivity index (χ2v) is 6.50. The van der Waals surface area contributed by atoms with Crippen LogP contribution in [0.2, 0.25) is 0 Å². The molecule has 0 atom stereocenters. The van der Waals surface area contributed by atoms with E-state index in [-0.39, 0.29) is 34.6 Å². The van der Waals surface area contributed by atoms with Crippen LogP contribution in [0.3, 0.4) is 0 Å². The molecule has 0 fully saturated rings. The van der Waals surface area contributed by atoms with Crippen LogP contribution in [0, 0.1) is 0 Å². The highest BCUT2D eigenvalue weighted by Crippen LogP contribution is 2.38. The quantitative estimate of drug-likeness (QED) is 0.762. The SMILES string of the molecule is COc1cc2c(cc1S(=O)(=O)N(C)CC(=O)O)OCC(=O)N2. The molecule has 1 aliphatic heterocycles. The van der Waals surface area contributed by atoms with E-state index in [1.165, 1.54) is 19.2 Å². The minimum absolute atomic E-state index is 0.0261. The number of carbonyl (C=O) groups excluding carboxylic acids is 1. The molecule has 0 saturated heterocycles. The number of aliphatic carboxylic acids is 1. The molecule has 22 heavy (non-hydrogen) atoms. The van der Waals surface area contributed by atoms with Gasteiger partial charge in [0.15, 0.2) is 6.61 Å². The van der Waals surface area contributed by atoms with Gasteiger partial charge in [0.05, 0.1) is 12.8 Å². The molecule has 1 amide bonds. The van der Waals surface area contributed by atoms with E-state index in [0.29, 0.717) is 4.31 Å². The van der Waals surface area contributed by atoms with Crippen molar-refractivity contribution in [3.63, 3.8) is 0 Å². The lowest BCUT2D eigenvalue weighted by molar-refractivity contribution is -0.137. The predicted octanol–water partition coefficient (Wildman–Crippen LogP) is -0.269. The molecule has 2 N–H and O–H groups in total. The molecular weight excluding hydrogens is 316 g/mol. The summed E-state index contributed by atoms with van der Waals surface area (Å²) < 4.78 is 35.7. The molecule has 1 aromatic carbocycles. The third kappa shape index (κ3) is 2.97. The molecule has 0 unspecified atom stereocenters. The van der Waals surface area contributed by atoms with E-state index in [1.807, 2.05) is 0 Å². The van der Waals surface area contributed by atoms with Crippen LogP contribution in [0.4, 0.5) is 5.69 Å². The molecule has 0 bridgehead atoms. The normalized spacial score (nSPS) is 14.0. The summed E-state index contributed by atoms with van der Waals surface area (Å²) in [5.41, 5.74) is 0.285. The van der Waals surface area contributed by atoms with Crippen molar-refractivity contribution < 1.29 is 32.6 Å². The molecule has 0 radical (unpaired) electrons. The summed E-state index contributed by atoms with van der Waals surface area (Å²) in [7, 11) is -1.68. The summed E-state index contributed by atoms with van der Waals surface area (Å²) in [6.07, 6.45) is 0. The zero-order valence-corrected chi connectivity index (χ0v) is 12.6. The molecule has 10 heteroatoms. The fraction of sp³-hybridized carbons (Fsp3) is 0.333. The number of hydrogen-bond acceptors (Lipinski definition) is 6. The van der Waals surface area contributed by atoms with E-state index in [0.717, 1.165) is 7.05 Å². The molecule has 120 valence electrons. The number of sulfonamides is 1. The largest absolute Gasteiger partial charge is 0.495 e. The number of carboxylic acids is 1. The maximum absolute atomic E-state index is 12.4. The van der Waals surface area contributed by atoms with E-state index in [2.05, 4.69) is 5.32 Å². The van der Waals surface area contributed by atoms with Crippen molar-refractivity contribution in [1.29, 1.82) is 0 Å². The lowest BCUT2D eigenvalue weighted by Gasteiger charge is -2.22. The van der Waals surface area contributed by atoms with Gasteiger partial charge in [0.1, 0.15) is 22.9 Å². The number of carboxylic acid groups (broad SMARTS) is 1. The van der Waals surface area contributed by atoms with Crippen molar-refractivity contribution in [2.24, 2.45) is 0 Å². The van der Waals surface area contributed by atoms with Gasteiger partial charge < -0.3 is 19.9 Å². The van der Waals surface area contributed by atoms with Crippen molar-refractivity contribution in [3.8, 4) is 11.5 Å². The first-order chi connectivity index (χ1) is 10.3. The lowest BCUT2D eigenvalue weighted by Crippen LogP contribution is -2.32. The van der Waals surface area contributed by atoms with Crippen molar-refractivity contribution in [1.82, 2.24) is 4.31 Å². The van der Waals surface area contributed by atoms with Gasteiger partial charge in [0.2, 0.25) is 10.0 Å². The Bertz CT molecular complexity index is 729. The van der Waals surface area contributed by atoms with Crippen LogP contribution in [0.15, 0.2) is 17.0 Å². The summed E-state index contributed by atoms with van der Waals surface area (Å²) in [6.45, 7) is -0.927. The monoisotopic (exact) mass is 330 g/mol. The Morgan fingerprint density at radius 2 is 2.18 bits per heavy atom. The Balaban J connectivity index is 2.50. The van der Waals surface area contributed by atoms with Gasteiger partial charge in [0.25, 0.3) is 5.91 Å². The number of nitrogens with one attached hydrogen (secondary N) is 1. The summed E-state index contributed by atoms with van der Waals surface area (Å²) in [5, 5.41) is 11.3. The van der Waals surface area contributed by atoms with Gasteiger partial charge in [-0.15, -0.1) is 0 Å². The van der Waals surface area contributed by atoms with Crippen LogP contribution in [0.25, 0.3) is 0 Å². The zero-order valence-electron chi connectivity index (χ0n) is 11.8. The average Bonchev–Trinajstić information content (AvgIpc) is 2.44. The molecule has 1 heterocycles. The first kappa shape index (κ1) is 16.0. The third-order valence-corrected chi connectivity index (χ3v) is 4.77. The number of carbonyl (C=O) groups is 2. The first-order valence-electron chi connectivity index (χ1n) is 6.08. The minimum Gasteiger partial charge on any atom is -0.495 e. The van der Waals surface area contributed by atoms with Gasteiger partial charge in [-0.3, -0.25) is 9.59 Å². The van der Waals surface area contributed by atoms with Crippen LogP contribution < -0.4 is 14.8 Å². The van der Waals surface area contributed by atoms with Crippen molar-refractivity contribution in [2.75, 3.05) is 32.6 Å². The number of fused-ring (bicyclic) bond motifs is 1. The van der Waals surface area contributed by atoms with Crippen molar-refractivity contribution >= 4 is 27.6 Å². The van der Waals surface area contributed by atoms with E-state index >= 15 is 0 Å². The predicted molar refractivity (Wildman–Crippen MR) is 74.6 cm³/mol. The van der Waals surface area contributed by atoms with Crippen LogP contribution in [-0.2, 0) is 19.6 Å². The maximum atomic E-state index is 12.4. The summed E-state index contributed by atoms with van der Waals surface area (Å²) in [6, 6.07) is 2.51. The van der Waals surface area contributed by atoms with E-state index in [1.54, 1.807) is 0 Å². The Labute approximate surface area is 126 Å². The number of rotatable bonds is 5. The van der Waals surface area contributed by atoms with E-state index in [9.17, 15) is 18.0 Å². The highest BCUT2D eigenvalue weighted by Gasteiger charge is 2.29. The standard InChI is InChI=1S/C12H14N2O7S/c1-14(5-12(16)17)22(18,19)10-4-8-7(3-9(10)20-2)13-11(15)6-21-8/h3-4H,5-6H2,1-2H3,(H,13,15)(H,16,17). The molecule has 0 saturated carbocycles. The first-order valence-corrected chi connectivity index (χ1v) is 7.52. The van der Waals surface area contributed by atoms with Crippen LogP contribution >= 0.6 is 0 Å². The Hall–Kier alpha value is -2.33. The number of benzene rings is 1. The smallest absolute Gasteiger partial charge is 0.318 e. The third-order valence-electron chi connectivity index (χ3n) is 2.94. The highest BCUT2D eigenvalue weighted by atomic mass is 32.2. The number of nitrogens with zero attached hydrogens (tertiary/aromatic N) is 1. The fourth-order valence-corrected chi connectivity index (χ4v) is 3.16. The van der Waals surface area contributed by atoms with Gasteiger partial charge >= 0.3 is 5.97 Å². The van der Waals surface area contributed by atoms with Crippen molar-refractivity contribution in [3.05, 3.63) is 12.1 Å². The van der Waals surface area contributed by atoms with Gasteiger partial charge in [-0.05, 0) is 0 Å². The van der Waals surface area contributed by atoms with Gasteiger partial charge in [0, 0.05) is 19.2 Å². The van der Waals surface area contributed by atoms with Crippen LogP contribution in [0.5, 0.6) is 11.5 Å². The Morgan fingerprint density at radius 1 is 1.50 bits per heavy atom. The molecular formula is C12H14N2O7S. The molecule has 1 aromatic rings. The minimum atomic E-state index is -4.09. The van der Waals surface area contributed by atoms with Crippen LogP contribution in [-0.4, -0.2) is 57.0 Å². The second-order valence-electron chi connectivity index (χ2n) is 4.49. The molecule has 0 aliphatic carbocycles. The highest BCUT2D eigenvalue weighted by molar-refractivity contribution is 7.89. The average molecular weight is 330 g/mol. The van der Waals surface area contributed by atoms with Crippen LogP contribution in [0.1, 0.15) is 0 Å². The number of ether oxygens (including phenoxy) is 2. The Kier molecular flexibility index (Phi) is 4.24. The molecule has 1 aliphatic rings. The second kappa shape index (κ2) is 5.81. The van der Waals surface area contributed by atoms with Gasteiger partial charge in [-0.2, -0.15) is 4.31 Å². The van der Waals surface area contributed by atoms with Gasteiger partial charge in [-0.1, -0.05) is 0 Å². The summed E-state index contributed by atoms with van der Waals surface area (Å²) in [4.78, 5) is 21.7.